The Kier molecular flexibility index (Phi) is 6.26. The minimum absolute atomic E-state index is 0.362. The lowest BCUT2D eigenvalue weighted by atomic mass is 9.98. The van der Waals surface area contributed by atoms with Crippen LogP contribution < -0.4 is 5.32 Å². The van der Waals surface area contributed by atoms with Crippen molar-refractivity contribution < 1.29 is 14.3 Å². The van der Waals surface area contributed by atoms with Gasteiger partial charge in [-0.3, -0.25) is 0 Å². The molecule has 1 aromatic rings. The van der Waals surface area contributed by atoms with Gasteiger partial charge in [-0.25, -0.2) is 9.78 Å². The van der Waals surface area contributed by atoms with Crippen LogP contribution in [0, 0.1) is 0 Å². The van der Waals surface area contributed by atoms with Gasteiger partial charge in [-0.2, -0.15) is 0 Å². The Morgan fingerprint density at radius 2 is 2.25 bits per heavy atom. The molecule has 0 aliphatic heterocycles. The lowest BCUT2D eigenvalue weighted by Gasteiger charge is -2.22. The van der Waals surface area contributed by atoms with Crippen LogP contribution in [0.2, 0.25) is 0 Å². The number of carbonyl (C=O) groups is 1. The van der Waals surface area contributed by atoms with Crippen LogP contribution in [0.15, 0.2) is 5.51 Å². The first kappa shape index (κ1) is 15.3. The molecule has 1 aliphatic rings. The maximum atomic E-state index is 11.7. The number of rotatable bonds is 7. The van der Waals surface area contributed by atoms with Gasteiger partial charge in [-0.15, -0.1) is 11.3 Å². The van der Waals surface area contributed by atoms with Gasteiger partial charge in [0.05, 0.1) is 24.8 Å². The lowest BCUT2D eigenvalue weighted by Crippen LogP contribution is -2.20. The molecule has 1 fully saturated rings. The molecule has 1 aromatic heterocycles. The number of thiazole rings is 1. The summed E-state index contributed by atoms with van der Waals surface area (Å²) in [5.74, 6) is -0.371. The molecule has 2 rings (SSSR count). The van der Waals surface area contributed by atoms with Crippen LogP contribution >= 0.6 is 11.3 Å². The van der Waals surface area contributed by atoms with Gasteiger partial charge in [0.25, 0.3) is 0 Å². The van der Waals surface area contributed by atoms with E-state index in [1.807, 2.05) is 0 Å². The molecule has 1 N–H and O–H groups in total. The fourth-order valence-corrected chi connectivity index (χ4v) is 3.03. The molecule has 1 saturated carbocycles. The molecule has 0 bridgehead atoms. The Labute approximate surface area is 123 Å². The van der Waals surface area contributed by atoms with Crippen molar-refractivity contribution in [3.8, 4) is 0 Å². The number of aromatic nitrogens is 1. The van der Waals surface area contributed by atoms with E-state index in [1.54, 1.807) is 12.4 Å². The van der Waals surface area contributed by atoms with E-state index >= 15 is 0 Å². The Morgan fingerprint density at radius 1 is 1.45 bits per heavy atom. The highest BCUT2D eigenvalue weighted by atomic mass is 32.1. The second-order valence-electron chi connectivity index (χ2n) is 4.81. The number of nitrogens with one attached hydrogen (secondary N) is 1. The summed E-state index contributed by atoms with van der Waals surface area (Å²) >= 11 is 1.41. The highest BCUT2D eigenvalue weighted by molar-refractivity contribution is 7.14. The van der Waals surface area contributed by atoms with Crippen molar-refractivity contribution in [1.29, 1.82) is 0 Å². The van der Waals surface area contributed by atoms with E-state index in [1.165, 1.54) is 43.4 Å². The van der Waals surface area contributed by atoms with Gasteiger partial charge in [0.15, 0.2) is 5.69 Å². The van der Waals surface area contributed by atoms with Gasteiger partial charge < -0.3 is 14.8 Å². The fourth-order valence-electron chi connectivity index (χ4n) is 2.34. The molecule has 20 heavy (non-hydrogen) atoms. The molecule has 0 radical (unpaired) electrons. The third-order valence-electron chi connectivity index (χ3n) is 3.33. The summed E-state index contributed by atoms with van der Waals surface area (Å²) in [5.41, 5.74) is 2.02. The molecule has 0 atom stereocenters. The second-order valence-corrected chi connectivity index (χ2v) is 5.66. The fraction of sp³-hybridized carbons (Fsp3) is 0.714. The number of nitrogens with zero attached hydrogens (tertiary/aromatic N) is 1. The quantitative estimate of drug-likeness (QED) is 0.619. The normalized spacial score (nSPS) is 16.1. The molecular formula is C14H22N2O3S. The van der Waals surface area contributed by atoms with Crippen LogP contribution in [-0.4, -0.2) is 36.8 Å². The third kappa shape index (κ3) is 4.45. The standard InChI is InChI=1S/C14H22N2O3S/c1-2-18-14(17)12-13(20-10-16-12)15-8-9-19-11-6-4-3-5-7-11/h10-11,15H,2-9H2,1H3. The minimum atomic E-state index is -0.371. The largest absolute Gasteiger partial charge is 0.461 e. The first-order valence-corrected chi connectivity index (χ1v) is 8.15. The van der Waals surface area contributed by atoms with Crippen molar-refractivity contribution in [3.05, 3.63) is 11.2 Å². The number of anilines is 1. The van der Waals surface area contributed by atoms with Gasteiger partial charge in [-0.05, 0) is 19.8 Å². The molecule has 0 saturated heterocycles. The maximum Gasteiger partial charge on any atom is 0.360 e. The zero-order valence-corrected chi connectivity index (χ0v) is 12.7. The van der Waals surface area contributed by atoms with Gasteiger partial charge in [0.1, 0.15) is 5.00 Å². The van der Waals surface area contributed by atoms with Crippen molar-refractivity contribution in [3.63, 3.8) is 0 Å². The Bertz CT molecular complexity index is 416. The molecule has 0 amide bonds. The van der Waals surface area contributed by atoms with Crippen molar-refractivity contribution in [1.82, 2.24) is 4.98 Å². The van der Waals surface area contributed by atoms with E-state index in [0.717, 1.165) is 5.00 Å². The number of carbonyl (C=O) groups excluding carboxylic acids is 1. The molecule has 1 aliphatic carbocycles. The van der Waals surface area contributed by atoms with Crippen molar-refractivity contribution >= 4 is 22.3 Å². The SMILES string of the molecule is CCOC(=O)c1ncsc1NCCOC1CCCCC1. The molecule has 112 valence electrons. The summed E-state index contributed by atoms with van der Waals surface area (Å²) in [6.07, 6.45) is 6.65. The zero-order valence-electron chi connectivity index (χ0n) is 11.9. The van der Waals surface area contributed by atoms with Crippen LogP contribution in [0.3, 0.4) is 0 Å². The van der Waals surface area contributed by atoms with Gasteiger partial charge in [0, 0.05) is 6.54 Å². The predicted octanol–water partition coefficient (Wildman–Crippen LogP) is 3.08. The van der Waals surface area contributed by atoms with Crippen LogP contribution in [0.4, 0.5) is 5.00 Å². The molecule has 6 heteroatoms. The first-order chi connectivity index (χ1) is 9.81. The van der Waals surface area contributed by atoms with Gasteiger partial charge in [-0.1, -0.05) is 19.3 Å². The minimum Gasteiger partial charge on any atom is -0.461 e. The molecule has 0 unspecified atom stereocenters. The summed E-state index contributed by atoms with van der Waals surface area (Å²) in [6, 6.07) is 0. The molecule has 0 spiro atoms. The number of hydrogen-bond donors (Lipinski definition) is 1. The average Bonchev–Trinajstić information content (AvgIpc) is 2.93. The van der Waals surface area contributed by atoms with E-state index in [4.69, 9.17) is 9.47 Å². The van der Waals surface area contributed by atoms with Crippen LogP contribution in [0.5, 0.6) is 0 Å². The van der Waals surface area contributed by atoms with Crippen molar-refractivity contribution in [2.24, 2.45) is 0 Å². The first-order valence-electron chi connectivity index (χ1n) is 7.27. The van der Waals surface area contributed by atoms with Crippen LogP contribution in [-0.2, 0) is 9.47 Å². The van der Waals surface area contributed by atoms with E-state index in [9.17, 15) is 4.79 Å². The summed E-state index contributed by atoms with van der Waals surface area (Å²) < 4.78 is 10.8. The zero-order chi connectivity index (χ0) is 14.2. The summed E-state index contributed by atoms with van der Waals surface area (Å²) in [7, 11) is 0. The molecule has 5 nitrogen and oxygen atoms in total. The predicted molar refractivity (Wildman–Crippen MR) is 79.4 cm³/mol. The van der Waals surface area contributed by atoms with E-state index in [-0.39, 0.29) is 5.97 Å². The monoisotopic (exact) mass is 298 g/mol. The number of esters is 1. The molecule has 0 aromatic carbocycles. The topological polar surface area (TPSA) is 60.5 Å². The summed E-state index contributed by atoms with van der Waals surface area (Å²) in [6.45, 7) is 3.49. The summed E-state index contributed by atoms with van der Waals surface area (Å²) in [4.78, 5) is 15.7. The molecule has 1 heterocycles. The lowest BCUT2D eigenvalue weighted by molar-refractivity contribution is 0.0347. The number of hydrogen-bond acceptors (Lipinski definition) is 6. The highest BCUT2D eigenvalue weighted by Gasteiger charge is 2.16. The van der Waals surface area contributed by atoms with Crippen LogP contribution in [0.25, 0.3) is 0 Å². The maximum absolute atomic E-state index is 11.7. The highest BCUT2D eigenvalue weighted by Crippen LogP contribution is 2.22. The number of ether oxygens (including phenoxy) is 2. The Balaban J connectivity index is 1.71. The molecular weight excluding hydrogens is 276 g/mol. The second kappa shape index (κ2) is 8.21. The van der Waals surface area contributed by atoms with E-state index < -0.39 is 0 Å². The van der Waals surface area contributed by atoms with E-state index in [2.05, 4.69) is 10.3 Å². The van der Waals surface area contributed by atoms with Crippen molar-refractivity contribution in [2.75, 3.05) is 25.1 Å². The Morgan fingerprint density at radius 3 is 3.00 bits per heavy atom. The van der Waals surface area contributed by atoms with Gasteiger partial charge in [0.2, 0.25) is 0 Å². The summed E-state index contributed by atoms with van der Waals surface area (Å²) in [5, 5.41) is 3.96. The third-order valence-corrected chi connectivity index (χ3v) is 4.11. The smallest absolute Gasteiger partial charge is 0.360 e. The average molecular weight is 298 g/mol. The van der Waals surface area contributed by atoms with Crippen LogP contribution in [0.1, 0.15) is 49.5 Å². The van der Waals surface area contributed by atoms with Gasteiger partial charge >= 0.3 is 5.97 Å². The van der Waals surface area contributed by atoms with E-state index in [0.29, 0.717) is 31.6 Å². The van der Waals surface area contributed by atoms with Crippen molar-refractivity contribution in [2.45, 2.75) is 45.1 Å². The Hall–Kier alpha value is -1.14.